The molecule has 0 aliphatic heterocycles. The van der Waals surface area contributed by atoms with Crippen LogP contribution in [0.1, 0.15) is 22.3 Å². The first-order valence-electron chi connectivity index (χ1n) is 4.61. The van der Waals surface area contributed by atoms with Crippen LogP contribution in [0, 0.1) is 6.92 Å². The molecule has 0 aliphatic carbocycles. The van der Waals surface area contributed by atoms with Gasteiger partial charge in [0.05, 0.1) is 0 Å². The second-order valence-corrected chi connectivity index (χ2v) is 4.41. The van der Waals surface area contributed by atoms with Gasteiger partial charge in [0.25, 0.3) is 0 Å². The molecule has 0 saturated heterocycles. The average Bonchev–Trinajstić information content (AvgIpc) is 2.15. The number of halogens is 1. The predicted octanol–water partition coefficient (Wildman–Crippen LogP) is 1.78. The minimum Gasteiger partial charge on any atom is -0.479 e. The maximum Gasteiger partial charge on any atom is 0.332 e. The highest BCUT2D eigenvalue weighted by atomic mass is 79.9. The van der Waals surface area contributed by atoms with Crippen LogP contribution in [0.25, 0.3) is 0 Å². The summed E-state index contributed by atoms with van der Waals surface area (Å²) < 4.78 is 0.751. The number of carboxylic acid groups (broad SMARTS) is 1. The Hall–Kier alpha value is -1.20. The van der Waals surface area contributed by atoms with Gasteiger partial charge < -0.3 is 10.2 Å². The molecule has 0 bridgehead atoms. The summed E-state index contributed by atoms with van der Waals surface area (Å²) >= 11 is 3.25. The number of hydrogen-bond donors (Lipinski definition) is 2. The highest BCUT2D eigenvalue weighted by Gasteiger charge is 2.19. The smallest absolute Gasteiger partial charge is 0.332 e. The number of carboxylic acids is 1. The zero-order valence-electron chi connectivity index (χ0n) is 8.61. The van der Waals surface area contributed by atoms with Gasteiger partial charge in [-0.05, 0) is 30.7 Å². The van der Waals surface area contributed by atoms with Crippen molar-refractivity contribution in [1.29, 1.82) is 0 Å². The number of aryl methyl sites for hydroxylation is 1. The normalized spacial score (nSPS) is 12.2. The minimum absolute atomic E-state index is 0.390. The van der Waals surface area contributed by atoms with Crippen molar-refractivity contribution in [3.63, 3.8) is 0 Å². The molecule has 0 aromatic heterocycles. The Morgan fingerprint density at radius 1 is 1.38 bits per heavy atom. The molecule has 1 aromatic carbocycles. The molecule has 0 heterocycles. The molecule has 1 unspecified atom stereocenters. The summed E-state index contributed by atoms with van der Waals surface area (Å²) in [6.07, 6.45) is -2.06. The lowest BCUT2D eigenvalue weighted by molar-refractivity contribution is -0.146. The van der Waals surface area contributed by atoms with Gasteiger partial charge in [-0.3, -0.25) is 4.79 Å². The highest BCUT2D eigenvalue weighted by molar-refractivity contribution is 9.10. The number of carbonyl (C=O) groups excluding carboxylic acids is 1. The molecule has 86 valence electrons. The topological polar surface area (TPSA) is 74.6 Å². The summed E-state index contributed by atoms with van der Waals surface area (Å²) in [6, 6.07) is 5.09. The van der Waals surface area contributed by atoms with Crippen LogP contribution < -0.4 is 0 Å². The third kappa shape index (κ3) is 3.43. The Bertz CT molecular complexity index is 408. The number of carbonyl (C=O) groups is 2. The fourth-order valence-electron chi connectivity index (χ4n) is 1.28. The maximum absolute atomic E-state index is 11.6. The van der Waals surface area contributed by atoms with Crippen LogP contribution in [-0.4, -0.2) is 28.1 Å². The number of ketones is 1. The number of Topliss-reactive ketones (excluding diaryl/α,β-unsaturated/α-hetero) is 1. The molecule has 16 heavy (non-hydrogen) atoms. The van der Waals surface area contributed by atoms with E-state index in [4.69, 9.17) is 10.2 Å². The maximum atomic E-state index is 11.6. The highest BCUT2D eigenvalue weighted by Crippen LogP contribution is 2.17. The quantitative estimate of drug-likeness (QED) is 0.828. The Morgan fingerprint density at radius 3 is 2.50 bits per heavy atom. The van der Waals surface area contributed by atoms with E-state index in [0.29, 0.717) is 5.56 Å². The van der Waals surface area contributed by atoms with Gasteiger partial charge in [-0.2, -0.15) is 0 Å². The van der Waals surface area contributed by atoms with Crippen LogP contribution in [0.4, 0.5) is 0 Å². The van der Waals surface area contributed by atoms with Crippen molar-refractivity contribution < 1.29 is 19.8 Å². The van der Waals surface area contributed by atoms with E-state index < -0.39 is 18.5 Å². The Kier molecular flexibility index (Phi) is 4.20. The summed E-state index contributed by atoms with van der Waals surface area (Å²) in [4.78, 5) is 22.0. The molecule has 0 spiro atoms. The summed E-state index contributed by atoms with van der Waals surface area (Å²) in [7, 11) is 0. The third-order valence-electron chi connectivity index (χ3n) is 2.03. The van der Waals surface area contributed by atoms with E-state index in [9.17, 15) is 9.59 Å². The summed E-state index contributed by atoms with van der Waals surface area (Å²) in [5.41, 5.74) is 1.29. The van der Waals surface area contributed by atoms with Crippen molar-refractivity contribution in [2.24, 2.45) is 0 Å². The first kappa shape index (κ1) is 12.9. The van der Waals surface area contributed by atoms with Gasteiger partial charge in [-0.25, -0.2) is 4.79 Å². The lowest BCUT2D eigenvalue weighted by Gasteiger charge is -2.06. The van der Waals surface area contributed by atoms with Gasteiger partial charge in [0.15, 0.2) is 11.9 Å². The average molecular weight is 287 g/mol. The number of aliphatic hydroxyl groups excluding tert-OH is 1. The van der Waals surface area contributed by atoms with E-state index >= 15 is 0 Å². The SMILES string of the molecule is Cc1cc(Br)cc(C(=O)CC(O)C(=O)O)c1. The largest absolute Gasteiger partial charge is 0.479 e. The molecule has 0 fully saturated rings. The Labute approximate surface area is 101 Å². The molecular formula is C11H11BrO4. The summed E-state index contributed by atoms with van der Waals surface area (Å²) in [5.74, 6) is -1.78. The molecule has 0 amide bonds. The van der Waals surface area contributed by atoms with E-state index in [0.717, 1.165) is 10.0 Å². The van der Waals surface area contributed by atoms with Gasteiger partial charge in [-0.1, -0.05) is 15.9 Å². The van der Waals surface area contributed by atoms with Crippen molar-refractivity contribution in [2.75, 3.05) is 0 Å². The fourth-order valence-corrected chi connectivity index (χ4v) is 1.89. The summed E-state index contributed by atoms with van der Waals surface area (Å²) in [5, 5.41) is 17.5. The van der Waals surface area contributed by atoms with Crippen molar-refractivity contribution in [3.8, 4) is 0 Å². The van der Waals surface area contributed by atoms with Crippen LogP contribution in [0.3, 0.4) is 0 Å². The van der Waals surface area contributed by atoms with Gasteiger partial charge >= 0.3 is 5.97 Å². The zero-order valence-corrected chi connectivity index (χ0v) is 10.2. The van der Waals surface area contributed by atoms with E-state index in [-0.39, 0.29) is 5.78 Å². The van der Waals surface area contributed by atoms with Crippen LogP contribution >= 0.6 is 15.9 Å². The molecular weight excluding hydrogens is 276 g/mol. The second kappa shape index (κ2) is 5.23. The molecule has 0 saturated carbocycles. The minimum atomic E-state index is -1.65. The number of aliphatic carboxylic acids is 1. The molecule has 2 N–H and O–H groups in total. The molecule has 1 atom stereocenters. The van der Waals surface area contributed by atoms with E-state index in [1.54, 1.807) is 12.1 Å². The number of rotatable bonds is 4. The molecule has 1 aromatic rings. The molecule has 5 heteroatoms. The van der Waals surface area contributed by atoms with Gasteiger partial charge in [0, 0.05) is 16.5 Å². The monoisotopic (exact) mass is 286 g/mol. The van der Waals surface area contributed by atoms with Crippen molar-refractivity contribution >= 4 is 27.7 Å². The third-order valence-corrected chi connectivity index (χ3v) is 2.49. The predicted molar refractivity (Wildman–Crippen MR) is 61.5 cm³/mol. The fraction of sp³-hybridized carbons (Fsp3) is 0.273. The van der Waals surface area contributed by atoms with Gasteiger partial charge in [0.2, 0.25) is 0 Å². The Balaban J connectivity index is 2.84. The van der Waals surface area contributed by atoms with Crippen molar-refractivity contribution in [3.05, 3.63) is 33.8 Å². The second-order valence-electron chi connectivity index (χ2n) is 3.50. The van der Waals surface area contributed by atoms with Crippen LogP contribution in [-0.2, 0) is 4.79 Å². The number of hydrogen-bond acceptors (Lipinski definition) is 3. The van der Waals surface area contributed by atoms with Gasteiger partial charge in [0.1, 0.15) is 0 Å². The van der Waals surface area contributed by atoms with E-state index in [1.807, 2.05) is 13.0 Å². The van der Waals surface area contributed by atoms with Crippen molar-refractivity contribution in [2.45, 2.75) is 19.4 Å². The first-order chi connectivity index (χ1) is 7.40. The summed E-state index contributed by atoms with van der Waals surface area (Å²) in [6.45, 7) is 1.83. The molecule has 1 rings (SSSR count). The molecule has 0 radical (unpaired) electrons. The van der Waals surface area contributed by atoms with Gasteiger partial charge in [-0.15, -0.1) is 0 Å². The van der Waals surface area contributed by atoms with E-state index in [1.165, 1.54) is 0 Å². The number of aliphatic hydroxyl groups is 1. The molecule has 4 nitrogen and oxygen atoms in total. The van der Waals surface area contributed by atoms with Crippen LogP contribution in [0.15, 0.2) is 22.7 Å². The standard InChI is InChI=1S/C11H11BrO4/c1-6-2-7(4-8(12)3-6)9(13)5-10(14)11(15)16/h2-4,10,14H,5H2,1H3,(H,15,16). The van der Waals surface area contributed by atoms with E-state index in [2.05, 4.69) is 15.9 Å². The Morgan fingerprint density at radius 2 is 2.00 bits per heavy atom. The lowest BCUT2D eigenvalue weighted by atomic mass is 10.0. The van der Waals surface area contributed by atoms with Crippen LogP contribution in [0.5, 0.6) is 0 Å². The lowest BCUT2D eigenvalue weighted by Crippen LogP contribution is -2.23. The zero-order chi connectivity index (χ0) is 12.3. The van der Waals surface area contributed by atoms with Crippen molar-refractivity contribution in [1.82, 2.24) is 0 Å². The van der Waals surface area contributed by atoms with Crippen LogP contribution in [0.2, 0.25) is 0 Å². The first-order valence-corrected chi connectivity index (χ1v) is 5.40. The molecule has 0 aliphatic rings. The number of benzene rings is 1.